The van der Waals surface area contributed by atoms with Crippen molar-refractivity contribution in [3.63, 3.8) is 0 Å². The summed E-state index contributed by atoms with van der Waals surface area (Å²) in [7, 11) is 0. The largest absolute Gasteiger partial charge is 0.545 e. The second kappa shape index (κ2) is 8.37. The van der Waals surface area contributed by atoms with Crippen LogP contribution in [0.3, 0.4) is 0 Å². The standard InChI is InChI=1S/C21H15ClN2O4/c22-17-10-3-1-8-15(17)19(25)24-18-11-4-2-9-16(18)20(26)23-14-7-5-6-13(12-14)21(27)28/h1-12H,(H,23,26)(H,24,25)(H,27,28)/p-1. The summed E-state index contributed by atoms with van der Waals surface area (Å²) in [5.41, 5.74) is 1.01. The number of carbonyl (C=O) groups is 3. The van der Waals surface area contributed by atoms with Gasteiger partial charge >= 0.3 is 0 Å². The van der Waals surface area contributed by atoms with Crippen molar-refractivity contribution in [1.82, 2.24) is 0 Å². The van der Waals surface area contributed by atoms with Gasteiger partial charge in [-0.2, -0.15) is 0 Å². The fourth-order valence-corrected chi connectivity index (χ4v) is 2.77. The molecule has 0 saturated carbocycles. The summed E-state index contributed by atoms with van der Waals surface area (Å²) < 4.78 is 0. The van der Waals surface area contributed by atoms with Gasteiger partial charge in [0.05, 0.1) is 27.8 Å². The van der Waals surface area contributed by atoms with Crippen molar-refractivity contribution in [3.8, 4) is 0 Å². The minimum atomic E-state index is -1.34. The number of amides is 2. The van der Waals surface area contributed by atoms with E-state index in [1.54, 1.807) is 54.6 Å². The number of rotatable bonds is 5. The fraction of sp³-hybridized carbons (Fsp3) is 0. The molecule has 0 radical (unpaired) electrons. The number of anilines is 2. The Morgan fingerprint density at radius 2 is 1.39 bits per heavy atom. The molecule has 6 nitrogen and oxygen atoms in total. The van der Waals surface area contributed by atoms with Crippen molar-refractivity contribution < 1.29 is 19.5 Å². The lowest BCUT2D eigenvalue weighted by atomic mass is 10.1. The lowest BCUT2D eigenvalue weighted by Crippen LogP contribution is -2.22. The molecule has 0 aliphatic rings. The van der Waals surface area contributed by atoms with Gasteiger partial charge in [0.2, 0.25) is 0 Å². The maximum atomic E-state index is 12.6. The molecule has 140 valence electrons. The van der Waals surface area contributed by atoms with E-state index < -0.39 is 17.8 Å². The first-order valence-electron chi connectivity index (χ1n) is 8.23. The van der Waals surface area contributed by atoms with Gasteiger partial charge in [-0.3, -0.25) is 9.59 Å². The molecule has 3 aromatic carbocycles. The van der Waals surface area contributed by atoms with E-state index in [0.717, 1.165) is 0 Å². The maximum Gasteiger partial charge on any atom is 0.257 e. The van der Waals surface area contributed by atoms with Gasteiger partial charge < -0.3 is 20.5 Å². The Hall–Kier alpha value is -3.64. The Balaban J connectivity index is 1.83. The topological polar surface area (TPSA) is 98.3 Å². The van der Waals surface area contributed by atoms with Crippen LogP contribution in [0.2, 0.25) is 5.02 Å². The number of hydrogen-bond donors (Lipinski definition) is 2. The van der Waals surface area contributed by atoms with Crippen molar-refractivity contribution >= 4 is 40.8 Å². The summed E-state index contributed by atoms with van der Waals surface area (Å²) in [6, 6.07) is 18.7. The predicted octanol–water partition coefficient (Wildman–Crippen LogP) is 3.21. The van der Waals surface area contributed by atoms with Crippen LogP contribution in [-0.2, 0) is 0 Å². The van der Waals surface area contributed by atoms with E-state index in [2.05, 4.69) is 10.6 Å². The van der Waals surface area contributed by atoms with E-state index in [1.807, 2.05) is 0 Å². The van der Waals surface area contributed by atoms with E-state index in [0.29, 0.717) is 16.4 Å². The average Bonchev–Trinajstić information content (AvgIpc) is 2.68. The van der Waals surface area contributed by atoms with Gasteiger partial charge in [-0.25, -0.2) is 0 Å². The second-order valence-electron chi connectivity index (χ2n) is 5.80. The third-order valence-electron chi connectivity index (χ3n) is 3.89. The van der Waals surface area contributed by atoms with Crippen LogP contribution in [-0.4, -0.2) is 17.8 Å². The van der Waals surface area contributed by atoms with Crippen molar-refractivity contribution in [2.45, 2.75) is 0 Å². The van der Waals surface area contributed by atoms with Crippen LogP contribution in [0.1, 0.15) is 31.1 Å². The number of halogens is 1. The molecule has 0 aromatic heterocycles. The van der Waals surface area contributed by atoms with Crippen LogP contribution >= 0.6 is 11.6 Å². The first kappa shape index (κ1) is 19.1. The minimum Gasteiger partial charge on any atom is -0.545 e. The highest BCUT2D eigenvalue weighted by molar-refractivity contribution is 6.34. The Kier molecular flexibility index (Phi) is 5.72. The van der Waals surface area contributed by atoms with Crippen molar-refractivity contribution in [2.75, 3.05) is 10.6 Å². The molecule has 0 bridgehead atoms. The maximum absolute atomic E-state index is 12.6. The SMILES string of the molecule is O=C([O-])c1cccc(NC(=O)c2ccccc2NC(=O)c2ccccc2Cl)c1. The molecule has 2 N–H and O–H groups in total. The van der Waals surface area contributed by atoms with Gasteiger partial charge in [0.15, 0.2) is 0 Å². The molecular weight excluding hydrogens is 380 g/mol. The van der Waals surface area contributed by atoms with Crippen molar-refractivity contribution in [3.05, 3.63) is 94.5 Å². The van der Waals surface area contributed by atoms with Gasteiger partial charge in [-0.15, -0.1) is 0 Å². The van der Waals surface area contributed by atoms with E-state index in [9.17, 15) is 19.5 Å². The summed E-state index contributed by atoms with van der Waals surface area (Å²) in [6.07, 6.45) is 0. The Bertz CT molecular complexity index is 1070. The normalized spacial score (nSPS) is 10.2. The Morgan fingerprint density at radius 3 is 2.11 bits per heavy atom. The molecular formula is C21H14ClN2O4-. The van der Waals surface area contributed by atoms with Crippen LogP contribution in [0.25, 0.3) is 0 Å². The number of carbonyl (C=O) groups excluding carboxylic acids is 3. The van der Waals surface area contributed by atoms with E-state index in [4.69, 9.17) is 11.6 Å². The van der Waals surface area contributed by atoms with Gasteiger partial charge in [-0.1, -0.05) is 48.0 Å². The number of para-hydroxylation sites is 1. The molecule has 0 unspecified atom stereocenters. The molecule has 2 amide bonds. The van der Waals surface area contributed by atoms with Crippen LogP contribution in [0, 0.1) is 0 Å². The summed E-state index contributed by atoms with van der Waals surface area (Å²) in [4.78, 5) is 36.1. The van der Waals surface area contributed by atoms with Gasteiger partial charge in [0.1, 0.15) is 0 Å². The van der Waals surface area contributed by atoms with Crippen LogP contribution in [0.5, 0.6) is 0 Å². The van der Waals surface area contributed by atoms with Crippen molar-refractivity contribution in [2.24, 2.45) is 0 Å². The molecule has 3 aromatic rings. The first-order chi connectivity index (χ1) is 13.5. The number of benzene rings is 3. The molecule has 0 aliphatic heterocycles. The molecule has 0 atom stereocenters. The van der Waals surface area contributed by atoms with Crippen molar-refractivity contribution in [1.29, 1.82) is 0 Å². The van der Waals surface area contributed by atoms with E-state index >= 15 is 0 Å². The zero-order chi connectivity index (χ0) is 20.1. The molecule has 3 rings (SSSR count). The molecule has 28 heavy (non-hydrogen) atoms. The number of carboxylic acid groups (broad SMARTS) is 1. The van der Waals surface area contributed by atoms with Crippen LogP contribution in [0.4, 0.5) is 11.4 Å². The zero-order valence-corrected chi connectivity index (χ0v) is 15.2. The highest BCUT2D eigenvalue weighted by Gasteiger charge is 2.16. The number of aromatic carboxylic acids is 1. The smallest absolute Gasteiger partial charge is 0.257 e. The minimum absolute atomic E-state index is 0.0573. The Labute approximate surface area is 165 Å². The lowest BCUT2D eigenvalue weighted by molar-refractivity contribution is -0.255. The van der Waals surface area contributed by atoms with E-state index in [-0.39, 0.29) is 16.7 Å². The molecule has 7 heteroatoms. The number of carboxylic acids is 1. The fourth-order valence-electron chi connectivity index (χ4n) is 2.55. The average molecular weight is 394 g/mol. The molecule has 0 heterocycles. The van der Waals surface area contributed by atoms with Crippen LogP contribution < -0.4 is 15.7 Å². The van der Waals surface area contributed by atoms with Crippen LogP contribution in [0.15, 0.2) is 72.8 Å². The summed E-state index contributed by atoms with van der Waals surface area (Å²) >= 11 is 6.04. The molecule has 0 saturated heterocycles. The monoisotopic (exact) mass is 393 g/mol. The third-order valence-corrected chi connectivity index (χ3v) is 4.22. The molecule has 0 aliphatic carbocycles. The summed E-state index contributed by atoms with van der Waals surface area (Å²) in [5.74, 6) is -2.31. The number of nitrogens with one attached hydrogen (secondary N) is 2. The van der Waals surface area contributed by atoms with Gasteiger partial charge in [0.25, 0.3) is 11.8 Å². The predicted molar refractivity (Wildman–Crippen MR) is 105 cm³/mol. The highest BCUT2D eigenvalue weighted by Crippen LogP contribution is 2.21. The lowest BCUT2D eigenvalue weighted by Gasteiger charge is -2.13. The quantitative estimate of drug-likeness (QED) is 0.695. The Morgan fingerprint density at radius 1 is 0.750 bits per heavy atom. The van der Waals surface area contributed by atoms with E-state index in [1.165, 1.54) is 18.2 Å². The first-order valence-corrected chi connectivity index (χ1v) is 8.61. The molecule has 0 fully saturated rings. The van der Waals surface area contributed by atoms with Gasteiger partial charge in [-0.05, 0) is 42.0 Å². The number of hydrogen-bond acceptors (Lipinski definition) is 4. The third kappa shape index (κ3) is 4.36. The molecule has 0 spiro atoms. The zero-order valence-electron chi connectivity index (χ0n) is 14.4. The highest BCUT2D eigenvalue weighted by atomic mass is 35.5. The summed E-state index contributed by atoms with van der Waals surface area (Å²) in [5, 5.41) is 16.5. The summed E-state index contributed by atoms with van der Waals surface area (Å²) in [6.45, 7) is 0. The van der Waals surface area contributed by atoms with Gasteiger partial charge in [0, 0.05) is 5.69 Å². The second-order valence-corrected chi connectivity index (χ2v) is 6.21.